The number of nitrogens with one attached hydrogen (secondary N) is 1. The van der Waals surface area contributed by atoms with Gasteiger partial charge in [0.15, 0.2) is 5.13 Å². The fourth-order valence-corrected chi connectivity index (χ4v) is 4.43. The molecule has 6 heteroatoms. The quantitative estimate of drug-likeness (QED) is 0.595. The average Bonchev–Trinajstić information content (AvgIpc) is 3.10. The van der Waals surface area contributed by atoms with Gasteiger partial charge in [0.1, 0.15) is 18.8 Å². The molecule has 0 aliphatic rings. The Hall–Kier alpha value is -2.15. The van der Waals surface area contributed by atoms with Gasteiger partial charge in [-0.05, 0) is 43.0 Å². The third kappa shape index (κ3) is 5.22. The lowest BCUT2D eigenvalue weighted by Gasteiger charge is -2.18. The summed E-state index contributed by atoms with van der Waals surface area (Å²) in [7, 11) is 2.17. The van der Waals surface area contributed by atoms with Gasteiger partial charge >= 0.3 is 0 Å². The van der Waals surface area contributed by atoms with Crippen LogP contribution in [0.4, 0.5) is 10.8 Å². The van der Waals surface area contributed by atoms with Gasteiger partial charge in [-0.15, -0.1) is 23.1 Å². The van der Waals surface area contributed by atoms with Crippen LogP contribution in [-0.4, -0.2) is 24.2 Å². The van der Waals surface area contributed by atoms with Crippen molar-refractivity contribution in [2.24, 2.45) is 0 Å². The number of nitrogens with zero attached hydrogens (tertiary/aromatic N) is 2. The van der Waals surface area contributed by atoms with Crippen LogP contribution in [0.25, 0.3) is 0 Å². The Morgan fingerprint density at radius 1 is 1.18 bits per heavy atom. The molecular weight excluding hydrogens is 386 g/mol. The van der Waals surface area contributed by atoms with E-state index in [1.165, 1.54) is 26.7 Å². The summed E-state index contributed by atoms with van der Waals surface area (Å²) in [6.45, 7) is 5.37. The monoisotopic (exact) mass is 412 g/mol. The van der Waals surface area contributed by atoms with Gasteiger partial charge in [-0.3, -0.25) is 9.69 Å². The lowest BCUT2D eigenvalue weighted by molar-refractivity contribution is -0.908. The molecule has 1 atom stereocenters. The maximum Gasteiger partial charge on any atom is 0.230 e. The van der Waals surface area contributed by atoms with Crippen molar-refractivity contribution in [3.8, 4) is 0 Å². The van der Waals surface area contributed by atoms with Gasteiger partial charge < -0.3 is 4.90 Å². The second-order valence-electron chi connectivity index (χ2n) is 6.97. The Morgan fingerprint density at radius 2 is 1.93 bits per heavy atom. The second-order valence-corrected chi connectivity index (χ2v) is 8.69. The number of thioether (sulfide) groups is 1. The number of benzene rings is 2. The summed E-state index contributed by atoms with van der Waals surface area (Å²) >= 11 is 3.28. The lowest BCUT2D eigenvalue weighted by atomic mass is 10.2. The van der Waals surface area contributed by atoms with Crippen molar-refractivity contribution in [2.45, 2.75) is 31.8 Å². The normalized spacial score (nSPS) is 12.0. The van der Waals surface area contributed by atoms with Gasteiger partial charge in [0.25, 0.3) is 0 Å². The predicted octanol–water partition coefficient (Wildman–Crippen LogP) is 4.07. The maximum absolute atomic E-state index is 12.3. The van der Waals surface area contributed by atoms with E-state index < -0.39 is 0 Å². The van der Waals surface area contributed by atoms with Crippen molar-refractivity contribution in [2.75, 3.05) is 18.2 Å². The first-order valence-electron chi connectivity index (χ1n) is 9.22. The van der Waals surface area contributed by atoms with E-state index in [4.69, 9.17) is 4.98 Å². The Kier molecular flexibility index (Phi) is 6.88. The number of thiazole rings is 1. The molecule has 1 heterocycles. The first kappa shape index (κ1) is 20.6. The van der Waals surface area contributed by atoms with Gasteiger partial charge in [0.2, 0.25) is 5.91 Å². The van der Waals surface area contributed by atoms with Crippen molar-refractivity contribution < 1.29 is 9.69 Å². The summed E-state index contributed by atoms with van der Waals surface area (Å²) in [4.78, 5) is 21.3. The van der Waals surface area contributed by atoms with E-state index in [9.17, 15) is 4.79 Å². The van der Waals surface area contributed by atoms with E-state index in [1.54, 1.807) is 23.6 Å². The van der Waals surface area contributed by atoms with Crippen LogP contribution in [0.2, 0.25) is 0 Å². The number of rotatable bonds is 7. The zero-order valence-corrected chi connectivity index (χ0v) is 18.4. The third-order valence-electron chi connectivity index (χ3n) is 4.45. The third-order valence-corrected chi connectivity index (χ3v) is 6.07. The molecule has 1 N–H and O–H groups in total. The molecule has 3 aromatic rings. The Morgan fingerprint density at radius 3 is 2.57 bits per heavy atom. The predicted molar refractivity (Wildman–Crippen MR) is 119 cm³/mol. The molecule has 0 radical (unpaired) electrons. The highest BCUT2D eigenvalue weighted by Gasteiger charge is 2.19. The fourth-order valence-electron chi connectivity index (χ4n) is 3.14. The smallest absolute Gasteiger partial charge is 0.230 e. The summed E-state index contributed by atoms with van der Waals surface area (Å²) in [6.07, 6.45) is 2.09. The summed E-state index contributed by atoms with van der Waals surface area (Å²) in [5, 5.41) is 2.78. The molecule has 0 spiro atoms. The average molecular weight is 413 g/mol. The van der Waals surface area contributed by atoms with Crippen LogP contribution < -0.4 is 9.80 Å². The number of aryl methyl sites for hydroxylation is 1. The second kappa shape index (κ2) is 9.37. The van der Waals surface area contributed by atoms with E-state index in [1.807, 2.05) is 31.2 Å². The Balaban J connectivity index is 1.70. The largest absolute Gasteiger partial charge is 0.329 e. The highest BCUT2D eigenvalue weighted by atomic mass is 32.2. The molecule has 28 heavy (non-hydrogen) atoms. The van der Waals surface area contributed by atoms with Crippen LogP contribution in [-0.2, 0) is 17.9 Å². The molecule has 0 saturated carbocycles. The molecule has 1 unspecified atom stereocenters. The summed E-state index contributed by atoms with van der Waals surface area (Å²) in [6, 6.07) is 16.7. The van der Waals surface area contributed by atoms with Gasteiger partial charge in [-0.2, -0.15) is 0 Å². The van der Waals surface area contributed by atoms with Crippen LogP contribution in [0.1, 0.15) is 23.7 Å². The van der Waals surface area contributed by atoms with Crippen molar-refractivity contribution in [3.63, 3.8) is 0 Å². The van der Waals surface area contributed by atoms with E-state index >= 15 is 0 Å². The van der Waals surface area contributed by atoms with Gasteiger partial charge in [-0.25, -0.2) is 4.98 Å². The van der Waals surface area contributed by atoms with Crippen molar-refractivity contribution in [1.29, 1.82) is 0 Å². The van der Waals surface area contributed by atoms with Crippen LogP contribution in [0.5, 0.6) is 0 Å². The number of carbonyl (C=O) groups is 1. The van der Waals surface area contributed by atoms with Crippen molar-refractivity contribution >= 4 is 39.8 Å². The fraction of sp³-hybridized carbons (Fsp3) is 0.273. The van der Waals surface area contributed by atoms with E-state index in [-0.39, 0.29) is 5.91 Å². The van der Waals surface area contributed by atoms with Gasteiger partial charge in [0, 0.05) is 22.8 Å². The summed E-state index contributed by atoms with van der Waals surface area (Å²) in [5.41, 5.74) is 4.31. The van der Waals surface area contributed by atoms with Gasteiger partial charge in [-0.1, -0.05) is 24.3 Å². The molecule has 0 aliphatic carbocycles. The molecule has 0 fully saturated rings. The maximum atomic E-state index is 12.3. The minimum Gasteiger partial charge on any atom is -0.329 e. The van der Waals surface area contributed by atoms with E-state index in [0.29, 0.717) is 0 Å². The van der Waals surface area contributed by atoms with Crippen molar-refractivity contribution in [1.82, 2.24) is 4.98 Å². The highest BCUT2D eigenvalue weighted by Crippen LogP contribution is 2.29. The number of carbonyl (C=O) groups excluding carboxylic acids is 1. The number of hydrogen-bond donors (Lipinski definition) is 1. The number of anilines is 2. The van der Waals surface area contributed by atoms with Crippen LogP contribution in [0, 0.1) is 6.92 Å². The molecule has 0 aliphatic heterocycles. The van der Waals surface area contributed by atoms with Gasteiger partial charge in [0.05, 0.1) is 12.7 Å². The Bertz CT molecular complexity index is 937. The number of hydrogen-bond acceptors (Lipinski definition) is 4. The summed E-state index contributed by atoms with van der Waals surface area (Å²) in [5.74, 6) is -0.0268. The Labute approximate surface area is 175 Å². The standard InChI is InChI=1S/C22H25N3OS2/c1-16-6-5-7-20(12-16)25(17(2)26)22-23-19(15-28-22)14-24(3)13-18-8-10-21(27-4)11-9-18/h5-12,15H,13-14H2,1-4H3/p+1. The van der Waals surface area contributed by atoms with Crippen LogP contribution in [0.3, 0.4) is 0 Å². The lowest BCUT2D eigenvalue weighted by Crippen LogP contribution is -3.06. The minimum absolute atomic E-state index is 0.0268. The topological polar surface area (TPSA) is 37.6 Å². The molecular formula is C22H26N3OS2+. The molecule has 4 nitrogen and oxygen atoms in total. The summed E-state index contributed by atoms with van der Waals surface area (Å²) < 4.78 is 0. The first-order chi connectivity index (χ1) is 13.5. The molecule has 146 valence electrons. The highest BCUT2D eigenvalue weighted by molar-refractivity contribution is 7.98. The molecule has 1 amide bonds. The van der Waals surface area contributed by atoms with Crippen LogP contribution in [0.15, 0.2) is 58.8 Å². The van der Waals surface area contributed by atoms with Crippen LogP contribution >= 0.6 is 23.1 Å². The minimum atomic E-state index is -0.0268. The van der Waals surface area contributed by atoms with E-state index in [0.717, 1.165) is 35.2 Å². The molecule has 1 aromatic heterocycles. The molecule has 3 rings (SSSR count). The molecule has 0 bridgehead atoms. The number of aromatic nitrogens is 1. The van der Waals surface area contributed by atoms with E-state index in [2.05, 4.69) is 42.9 Å². The number of amides is 1. The molecule has 2 aromatic carbocycles. The zero-order valence-electron chi connectivity index (χ0n) is 16.7. The molecule has 0 saturated heterocycles. The zero-order chi connectivity index (χ0) is 20.1. The number of quaternary nitrogens is 1. The first-order valence-corrected chi connectivity index (χ1v) is 11.3. The SMILES string of the molecule is CSc1ccc(C[NH+](C)Cc2csc(N(C(C)=O)c3cccc(C)c3)n2)cc1. The van der Waals surface area contributed by atoms with Crippen molar-refractivity contribution in [3.05, 3.63) is 70.7 Å².